The normalized spacial score (nSPS) is 13.6. The van der Waals surface area contributed by atoms with E-state index >= 15 is 0 Å². The van der Waals surface area contributed by atoms with E-state index in [0.29, 0.717) is 43.7 Å². The molecule has 0 saturated heterocycles. The molecule has 9 nitrogen and oxygen atoms in total. The van der Waals surface area contributed by atoms with Gasteiger partial charge in [0.05, 0.1) is 13.3 Å². The number of nitrogens with two attached hydrogens (primary N) is 1. The van der Waals surface area contributed by atoms with Gasteiger partial charge in [0.2, 0.25) is 0 Å². The largest absolute Gasteiger partial charge is 0.497 e. The van der Waals surface area contributed by atoms with Gasteiger partial charge in [-0.2, -0.15) is 0 Å². The Labute approximate surface area is 206 Å². The van der Waals surface area contributed by atoms with Crippen LogP contribution < -0.4 is 15.4 Å². The fraction of sp³-hybridized carbons (Fsp3) is 0.440. The first-order valence-electron chi connectivity index (χ1n) is 11.7. The lowest BCUT2D eigenvalue weighted by molar-refractivity contribution is -0.137. The molecule has 0 fully saturated rings. The van der Waals surface area contributed by atoms with Crippen LogP contribution in [0.15, 0.2) is 54.6 Å². The Kier molecular flexibility index (Phi) is 11.9. The van der Waals surface area contributed by atoms with Gasteiger partial charge in [-0.15, -0.1) is 0 Å². The molecule has 2 aromatic rings. The molecular weight excluding hydrogens is 471 g/mol. The molecule has 0 aliphatic rings. The Balaban J connectivity index is 2.11. The molecule has 0 heterocycles. The summed E-state index contributed by atoms with van der Waals surface area (Å²) < 4.78 is 23.4. The van der Waals surface area contributed by atoms with Crippen LogP contribution in [0.2, 0.25) is 0 Å². The van der Waals surface area contributed by atoms with Gasteiger partial charge in [0.25, 0.3) is 5.91 Å². The number of hydrogen-bond donors (Lipinski definition) is 3. The van der Waals surface area contributed by atoms with E-state index in [1.54, 1.807) is 24.3 Å². The number of unbranched alkanes of at least 4 members (excludes halogenated alkanes) is 2. The fourth-order valence-corrected chi connectivity index (χ4v) is 4.92. The van der Waals surface area contributed by atoms with Crippen molar-refractivity contribution in [2.75, 3.05) is 31.3 Å². The zero-order valence-electron chi connectivity index (χ0n) is 20.0. The monoisotopic (exact) mass is 506 g/mol. The van der Waals surface area contributed by atoms with Crippen LogP contribution in [0.5, 0.6) is 5.75 Å². The molecule has 0 spiro atoms. The molecule has 2 atom stereocenters. The molecule has 4 N–H and O–H groups in total. The standard InChI is InChI=1S/C25H35N2O7P/c1-33-22-15-13-21(14-16-22)27(19-24(28)29)25(30)23(12-5-7-17-26)34-35(31,32)18-8-6-11-20-9-3-2-4-10-20/h2-4,9-10,13-16,23H,5-8,11-12,17-19,26H2,1H3,(H,28,29)(H,31,32). The molecule has 2 rings (SSSR count). The number of methoxy groups -OCH3 is 1. The van der Waals surface area contributed by atoms with Gasteiger partial charge in [0.1, 0.15) is 18.4 Å². The summed E-state index contributed by atoms with van der Waals surface area (Å²) in [5.74, 6) is -1.36. The number of carboxylic acids is 1. The summed E-state index contributed by atoms with van der Waals surface area (Å²) >= 11 is 0. The number of ether oxygens (including phenoxy) is 1. The van der Waals surface area contributed by atoms with Gasteiger partial charge >= 0.3 is 13.6 Å². The zero-order chi connectivity index (χ0) is 25.7. The van der Waals surface area contributed by atoms with Crippen LogP contribution in [0.4, 0.5) is 5.69 Å². The second kappa shape index (κ2) is 14.6. The van der Waals surface area contributed by atoms with Crippen LogP contribution in [-0.4, -0.2) is 54.3 Å². The summed E-state index contributed by atoms with van der Waals surface area (Å²) in [5, 5.41) is 9.38. The van der Waals surface area contributed by atoms with Crippen molar-refractivity contribution in [3.63, 3.8) is 0 Å². The molecule has 0 aliphatic carbocycles. The first-order chi connectivity index (χ1) is 16.8. The minimum Gasteiger partial charge on any atom is -0.497 e. The van der Waals surface area contributed by atoms with Crippen molar-refractivity contribution in [1.82, 2.24) is 0 Å². The van der Waals surface area contributed by atoms with Gasteiger partial charge in [-0.25, -0.2) is 0 Å². The molecule has 2 unspecified atom stereocenters. The zero-order valence-corrected chi connectivity index (χ0v) is 20.9. The Morgan fingerprint density at radius 1 is 1.03 bits per heavy atom. The van der Waals surface area contributed by atoms with Crippen LogP contribution in [0.1, 0.15) is 37.7 Å². The average molecular weight is 507 g/mol. The molecule has 2 aromatic carbocycles. The lowest BCUT2D eigenvalue weighted by Crippen LogP contribution is -2.43. The summed E-state index contributed by atoms with van der Waals surface area (Å²) in [6.07, 6.45) is 1.78. The van der Waals surface area contributed by atoms with Crippen molar-refractivity contribution in [2.45, 2.75) is 44.6 Å². The Morgan fingerprint density at radius 2 is 1.71 bits per heavy atom. The molecular formula is C25H35N2O7P. The number of aliphatic carboxylic acids is 1. The van der Waals surface area contributed by atoms with Crippen LogP contribution >= 0.6 is 7.60 Å². The molecule has 0 bridgehead atoms. The van der Waals surface area contributed by atoms with Gasteiger partial charge in [0.15, 0.2) is 0 Å². The molecule has 0 aliphatic heterocycles. The van der Waals surface area contributed by atoms with E-state index in [2.05, 4.69) is 0 Å². The number of hydrogen-bond acceptors (Lipinski definition) is 6. The summed E-state index contributed by atoms with van der Waals surface area (Å²) in [6, 6.07) is 16.1. The first kappa shape index (κ1) is 28.5. The minimum atomic E-state index is -4.10. The predicted octanol–water partition coefficient (Wildman–Crippen LogP) is 3.84. The fourth-order valence-electron chi connectivity index (χ4n) is 3.60. The number of carboxylic acid groups (broad SMARTS) is 1. The first-order valence-corrected chi connectivity index (χ1v) is 13.4. The SMILES string of the molecule is COc1ccc(N(CC(=O)O)C(=O)C(CCCCN)OP(=O)(O)CCCCc2ccccc2)cc1. The number of carbonyl (C=O) groups is 2. The number of anilines is 1. The topological polar surface area (TPSA) is 139 Å². The van der Waals surface area contributed by atoms with Gasteiger partial charge in [-0.1, -0.05) is 30.3 Å². The number of aryl methyl sites for hydroxylation is 1. The van der Waals surface area contributed by atoms with E-state index in [-0.39, 0.29) is 12.6 Å². The number of amides is 1. The number of benzene rings is 2. The Morgan fingerprint density at radius 3 is 2.31 bits per heavy atom. The molecule has 10 heteroatoms. The van der Waals surface area contributed by atoms with Gasteiger partial charge < -0.3 is 20.5 Å². The van der Waals surface area contributed by atoms with Crippen LogP contribution in [-0.2, 0) is 25.1 Å². The molecule has 35 heavy (non-hydrogen) atoms. The van der Waals surface area contributed by atoms with E-state index in [4.69, 9.17) is 15.0 Å². The molecule has 0 aromatic heterocycles. The third-order valence-corrected chi connectivity index (χ3v) is 6.90. The average Bonchev–Trinajstić information content (AvgIpc) is 2.85. The van der Waals surface area contributed by atoms with Crippen molar-refractivity contribution >= 4 is 25.2 Å². The number of rotatable bonds is 16. The van der Waals surface area contributed by atoms with Gasteiger partial charge in [-0.3, -0.25) is 23.6 Å². The highest BCUT2D eigenvalue weighted by atomic mass is 31.2. The maximum absolute atomic E-state index is 13.4. The van der Waals surface area contributed by atoms with E-state index in [0.717, 1.165) is 16.9 Å². The highest BCUT2D eigenvalue weighted by Gasteiger charge is 2.33. The summed E-state index contributed by atoms with van der Waals surface area (Å²) in [7, 11) is -2.60. The van der Waals surface area contributed by atoms with Crippen molar-refractivity contribution in [3.05, 3.63) is 60.2 Å². The molecule has 192 valence electrons. The lowest BCUT2D eigenvalue weighted by Gasteiger charge is -2.27. The Bertz CT molecular complexity index is 970. The highest BCUT2D eigenvalue weighted by Crippen LogP contribution is 2.45. The van der Waals surface area contributed by atoms with Crippen molar-refractivity contribution in [3.8, 4) is 5.75 Å². The van der Waals surface area contributed by atoms with Crippen molar-refractivity contribution in [1.29, 1.82) is 0 Å². The molecule has 1 amide bonds. The van der Waals surface area contributed by atoms with Gasteiger partial charge in [0, 0.05) is 5.69 Å². The molecule has 0 radical (unpaired) electrons. The maximum Gasteiger partial charge on any atom is 0.328 e. The highest BCUT2D eigenvalue weighted by molar-refractivity contribution is 7.52. The van der Waals surface area contributed by atoms with Crippen molar-refractivity contribution in [2.24, 2.45) is 5.73 Å². The third-order valence-electron chi connectivity index (χ3n) is 5.43. The van der Waals surface area contributed by atoms with Gasteiger partial charge in [-0.05, 0) is 74.9 Å². The summed E-state index contributed by atoms with van der Waals surface area (Å²) in [5.41, 5.74) is 7.02. The van der Waals surface area contributed by atoms with Crippen LogP contribution in [0, 0.1) is 0 Å². The van der Waals surface area contributed by atoms with E-state index in [9.17, 15) is 24.2 Å². The summed E-state index contributed by atoms with van der Waals surface area (Å²) in [4.78, 5) is 36.4. The van der Waals surface area contributed by atoms with E-state index in [1.807, 2.05) is 30.3 Å². The Hall–Kier alpha value is -2.71. The van der Waals surface area contributed by atoms with E-state index in [1.165, 1.54) is 7.11 Å². The van der Waals surface area contributed by atoms with Crippen molar-refractivity contribution < 1.29 is 33.4 Å². The summed E-state index contributed by atoms with van der Waals surface area (Å²) in [6.45, 7) is -0.219. The minimum absolute atomic E-state index is 0.0953. The van der Waals surface area contributed by atoms with Crippen LogP contribution in [0.3, 0.4) is 0 Å². The quantitative estimate of drug-likeness (QED) is 0.231. The second-order valence-corrected chi connectivity index (χ2v) is 10.1. The van der Waals surface area contributed by atoms with Crippen LogP contribution in [0.25, 0.3) is 0 Å². The third kappa shape index (κ3) is 10.2. The predicted molar refractivity (Wildman–Crippen MR) is 135 cm³/mol. The maximum atomic E-state index is 13.4. The molecule has 0 saturated carbocycles. The lowest BCUT2D eigenvalue weighted by atomic mass is 10.1. The second-order valence-electron chi connectivity index (χ2n) is 8.20. The van der Waals surface area contributed by atoms with E-state index < -0.39 is 32.1 Å². The number of carbonyl (C=O) groups excluding carboxylic acids is 1. The number of nitrogens with zero attached hydrogens (tertiary/aromatic N) is 1. The smallest absolute Gasteiger partial charge is 0.328 e.